The molecule has 3 heterocycles. The number of likely N-dealkylation sites (tertiary alicyclic amines) is 1. The van der Waals surface area contributed by atoms with Gasteiger partial charge >= 0.3 is 0 Å². The van der Waals surface area contributed by atoms with Crippen molar-refractivity contribution >= 4 is 16.8 Å². The standard InChI is InChI=1S/C17H21N3O/c1-19-14-3-4-15(19)11-20(9-7-14)17(21)13-2-5-16-12(10-13)6-8-18-16/h2,5-6,8,10,14-15,18H,3-4,7,9,11H2,1H3. The van der Waals surface area contributed by atoms with Crippen molar-refractivity contribution < 1.29 is 4.79 Å². The second-order valence-electron chi connectivity index (χ2n) is 6.37. The van der Waals surface area contributed by atoms with Gasteiger partial charge in [0.05, 0.1) is 0 Å². The molecule has 1 aromatic carbocycles. The molecule has 0 spiro atoms. The van der Waals surface area contributed by atoms with Crippen molar-refractivity contribution in [3.05, 3.63) is 36.0 Å². The topological polar surface area (TPSA) is 39.3 Å². The minimum absolute atomic E-state index is 0.180. The zero-order valence-electron chi connectivity index (χ0n) is 12.4. The van der Waals surface area contributed by atoms with Crippen molar-refractivity contribution in [2.75, 3.05) is 20.1 Å². The molecule has 2 bridgehead atoms. The normalized spacial score (nSPS) is 26.2. The molecule has 1 aromatic heterocycles. The predicted octanol–water partition coefficient (Wildman–Crippen LogP) is 2.48. The number of H-pyrrole nitrogens is 1. The first-order valence-electron chi connectivity index (χ1n) is 7.81. The van der Waals surface area contributed by atoms with Gasteiger partial charge in [0.1, 0.15) is 0 Å². The molecule has 0 radical (unpaired) electrons. The van der Waals surface area contributed by atoms with E-state index in [0.717, 1.165) is 36.0 Å². The van der Waals surface area contributed by atoms with Gasteiger partial charge in [0.2, 0.25) is 0 Å². The molecule has 2 unspecified atom stereocenters. The van der Waals surface area contributed by atoms with Crippen LogP contribution in [-0.4, -0.2) is 52.9 Å². The number of benzene rings is 1. The van der Waals surface area contributed by atoms with Gasteiger partial charge in [-0.2, -0.15) is 0 Å². The number of hydrogen-bond acceptors (Lipinski definition) is 2. The lowest BCUT2D eigenvalue weighted by Crippen LogP contribution is -2.39. The van der Waals surface area contributed by atoms with Gasteiger partial charge in [-0.1, -0.05) is 0 Å². The molecule has 0 saturated carbocycles. The average molecular weight is 283 g/mol. The minimum atomic E-state index is 0.180. The van der Waals surface area contributed by atoms with Gasteiger partial charge in [0.15, 0.2) is 0 Å². The highest BCUT2D eigenvalue weighted by Crippen LogP contribution is 2.29. The van der Waals surface area contributed by atoms with Crippen LogP contribution in [0.2, 0.25) is 0 Å². The predicted molar refractivity (Wildman–Crippen MR) is 83.4 cm³/mol. The van der Waals surface area contributed by atoms with E-state index in [1.165, 1.54) is 12.8 Å². The van der Waals surface area contributed by atoms with Gasteiger partial charge in [-0.15, -0.1) is 0 Å². The molecule has 2 atom stereocenters. The lowest BCUT2D eigenvalue weighted by molar-refractivity contribution is 0.0740. The molecule has 2 aliphatic heterocycles. The SMILES string of the molecule is CN1C2CCC1CN(C(=O)c1ccc3[nH]ccc3c1)CC2. The zero-order valence-corrected chi connectivity index (χ0v) is 12.4. The van der Waals surface area contributed by atoms with E-state index in [1.807, 2.05) is 35.4 Å². The minimum Gasteiger partial charge on any atom is -0.361 e. The highest BCUT2D eigenvalue weighted by Gasteiger charge is 2.36. The summed E-state index contributed by atoms with van der Waals surface area (Å²) in [5.74, 6) is 0.180. The number of aromatic nitrogens is 1. The van der Waals surface area contributed by atoms with Crippen LogP contribution in [0.4, 0.5) is 0 Å². The van der Waals surface area contributed by atoms with E-state index in [1.54, 1.807) is 0 Å². The summed E-state index contributed by atoms with van der Waals surface area (Å²) in [6.45, 7) is 1.76. The van der Waals surface area contributed by atoms with Crippen LogP contribution in [0.1, 0.15) is 29.6 Å². The highest BCUT2D eigenvalue weighted by atomic mass is 16.2. The first-order chi connectivity index (χ1) is 10.2. The number of carbonyl (C=O) groups is 1. The Balaban J connectivity index is 1.59. The molecule has 1 N–H and O–H groups in total. The molecule has 1 amide bonds. The number of likely N-dealkylation sites (N-methyl/N-ethyl adjacent to an activating group) is 1. The molecular formula is C17H21N3O. The van der Waals surface area contributed by atoms with Crippen molar-refractivity contribution in [3.63, 3.8) is 0 Å². The molecule has 2 aromatic rings. The lowest BCUT2D eigenvalue weighted by Gasteiger charge is -2.26. The summed E-state index contributed by atoms with van der Waals surface area (Å²) >= 11 is 0. The van der Waals surface area contributed by atoms with E-state index in [-0.39, 0.29) is 5.91 Å². The third kappa shape index (κ3) is 2.14. The highest BCUT2D eigenvalue weighted by molar-refractivity contribution is 5.98. The monoisotopic (exact) mass is 283 g/mol. The molecule has 2 fully saturated rings. The van der Waals surface area contributed by atoms with Crippen LogP contribution < -0.4 is 0 Å². The number of fused-ring (bicyclic) bond motifs is 3. The Kier molecular flexibility index (Phi) is 3.00. The summed E-state index contributed by atoms with van der Waals surface area (Å²) in [6.07, 6.45) is 5.53. The summed E-state index contributed by atoms with van der Waals surface area (Å²) in [6, 6.07) is 9.16. The third-order valence-electron chi connectivity index (χ3n) is 5.24. The largest absolute Gasteiger partial charge is 0.361 e. The van der Waals surface area contributed by atoms with E-state index in [9.17, 15) is 4.79 Å². The fourth-order valence-electron chi connectivity index (χ4n) is 3.86. The average Bonchev–Trinajstić information content (AvgIpc) is 3.02. The van der Waals surface area contributed by atoms with Crippen molar-refractivity contribution in [1.29, 1.82) is 0 Å². The third-order valence-corrected chi connectivity index (χ3v) is 5.24. The Morgan fingerprint density at radius 3 is 2.95 bits per heavy atom. The van der Waals surface area contributed by atoms with Crippen LogP contribution in [0.5, 0.6) is 0 Å². The second-order valence-corrected chi connectivity index (χ2v) is 6.37. The number of nitrogens with one attached hydrogen (secondary N) is 1. The number of nitrogens with zero attached hydrogens (tertiary/aromatic N) is 2. The molecule has 2 aliphatic rings. The number of carbonyl (C=O) groups excluding carboxylic acids is 1. The Labute approximate surface area is 124 Å². The number of aromatic amines is 1. The molecular weight excluding hydrogens is 262 g/mol. The van der Waals surface area contributed by atoms with Gasteiger partial charge < -0.3 is 9.88 Å². The lowest BCUT2D eigenvalue weighted by atomic mass is 10.1. The number of hydrogen-bond donors (Lipinski definition) is 1. The van der Waals surface area contributed by atoms with Crippen molar-refractivity contribution in [3.8, 4) is 0 Å². The zero-order chi connectivity index (χ0) is 14.4. The Bertz CT molecular complexity index is 677. The summed E-state index contributed by atoms with van der Waals surface area (Å²) in [5.41, 5.74) is 1.89. The van der Waals surface area contributed by atoms with Crippen LogP contribution >= 0.6 is 0 Å². The Morgan fingerprint density at radius 2 is 2.05 bits per heavy atom. The summed E-state index contributed by atoms with van der Waals surface area (Å²) in [7, 11) is 2.21. The van der Waals surface area contributed by atoms with E-state index in [4.69, 9.17) is 0 Å². The quantitative estimate of drug-likeness (QED) is 0.873. The van der Waals surface area contributed by atoms with Crippen LogP contribution in [0.3, 0.4) is 0 Å². The van der Waals surface area contributed by atoms with Crippen molar-refractivity contribution in [1.82, 2.24) is 14.8 Å². The maximum atomic E-state index is 12.8. The maximum Gasteiger partial charge on any atom is 0.253 e. The smallest absolute Gasteiger partial charge is 0.253 e. The summed E-state index contributed by atoms with van der Waals surface area (Å²) < 4.78 is 0. The van der Waals surface area contributed by atoms with Crippen molar-refractivity contribution in [2.45, 2.75) is 31.3 Å². The van der Waals surface area contributed by atoms with Crippen LogP contribution in [0.15, 0.2) is 30.5 Å². The first kappa shape index (κ1) is 12.9. The maximum absolute atomic E-state index is 12.8. The molecule has 21 heavy (non-hydrogen) atoms. The second kappa shape index (κ2) is 4.88. The van der Waals surface area contributed by atoms with Crippen LogP contribution in [-0.2, 0) is 0 Å². The van der Waals surface area contributed by atoms with Gasteiger partial charge in [-0.3, -0.25) is 9.69 Å². The summed E-state index contributed by atoms with van der Waals surface area (Å²) in [5, 5.41) is 1.11. The number of amides is 1. The van der Waals surface area contributed by atoms with E-state index in [0.29, 0.717) is 12.1 Å². The molecule has 4 heteroatoms. The van der Waals surface area contributed by atoms with Gasteiger partial charge in [-0.05, 0) is 50.6 Å². The van der Waals surface area contributed by atoms with Gasteiger partial charge in [-0.25, -0.2) is 0 Å². The fourth-order valence-corrected chi connectivity index (χ4v) is 3.86. The fraction of sp³-hybridized carbons (Fsp3) is 0.471. The van der Waals surface area contributed by atoms with Crippen molar-refractivity contribution in [2.24, 2.45) is 0 Å². The Hall–Kier alpha value is -1.81. The van der Waals surface area contributed by atoms with E-state index >= 15 is 0 Å². The number of rotatable bonds is 1. The Morgan fingerprint density at radius 1 is 1.19 bits per heavy atom. The molecule has 4 rings (SSSR count). The molecule has 0 aliphatic carbocycles. The van der Waals surface area contributed by atoms with Crippen LogP contribution in [0.25, 0.3) is 10.9 Å². The summed E-state index contributed by atoms with van der Waals surface area (Å²) in [4.78, 5) is 20.5. The molecule has 4 nitrogen and oxygen atoms in total. The van der Waals surface area contributed by atoms with E-state index < -0.39 is 0 Å². The van der Waals surface area contributed by atoms with Gasteiger partial charge in [0.25, 0.3) is 5.91 Å². The molecule has 2 saturated heterocycles. The van der Waals surface area contributed by atoms with Gasteiger partial charge in [0, 0.05) is 47.8 Å². The van der Waals surface area contributed by atoms with Crippen LogP contribution in [0, 0.1) is 0 Å². The van der Waals surface area contributed by atoms with E-state index in [2.05, 4.69) is 16.9 Å². The molecule has 110 valence electrons. The first-order valence-corrected chi connectivity index (χ1v) is 7.81.